The molecule has 0 amide bonds. The van der Waals surface area contributed by atoms with Crippen molar-refractivity contribution >= 4 is 17.4 Å². The largest absolute Gasteiger partial charge is 0.300 e. The van der Waals surface area contributed by atoms with Gasteiger partial charge in [-0.2, -0.15) is 0 Å². The molecule has 0 aliphatic rings. The van der Waals surface area contributed by atoms with Crippen LogP contribution in [0.5, 0.6) is 0 Å². The molecule has 0 atom stereocenters. The van der Waals surface area contributed by atoms with E-state index in [1.165, 1.54) is 0 Å². The third kappa shape index (κ3) is 3.00. The normalized spacial score (nSPS) is 11.2. The van der Waals surface area contributed by atoms with E-state index in [0.29, 0.717) is 11.4 Å². The lowest BCUT2D eigenvalue weighted by molar-refractivity contribution is -0.117. The summed E-state index contributed by atoms with van der Waals surface area (Å²) in [6.45, 7) is 1.64. The van der Waals surface area contributed by atoms with Gasteiger partial charge in [0.25, 0.3) is 0 Å². The van der Waals surface area contributed by atoms with Crippen LogP contribution in [0.1, 0.15) is 30.0 Å². The van der Waals surface area contributed by atoms with Gasteiger partial charge in [-0.3, -0.25) is 4.79 Å². The van der Waals surface area contributed by atoms with E-state index >= 15 is 0 Å². The van der Waals surface area contributed by atoms with Crippen LogP contribution in [0.3, 0.4) is 0 Å². The number of carbonyl (C=O) groups is 1. The van der Waals surface area contributed by atoms with Crippen LogP contribution in [0.2, 0.25) is 5.02 Å². The van der Waals surface area contributed by atoms with Crippen molar-refractivity contribution in [1.29, 1.82) is 0 Å². The van der Waals surface area contributed by atoms with E-state index in [4.69, 9.17) is 11.6 Å². The number of Topliss-reactive ketones (excluding diaryl/α,β-unsaturated/α-hetero) is 1. The third-order valence-corrected chi connectivity index (χ3v) is 4.71. The number of rotatable bonds is 5. The molecule has 0 aromatic heterocycles. The second kappa shape index (κ2) is 7.02. The molecule has 0 N–H and O–H groups in total. The number of hydrogen-bond donors (Lipinski definition) is 0. The van der Waals surface area contributed by atoms with Gasteiger partial charge in [0.1, 0.15) is 5.78 Å². The first-order chi connectivity index (χ1) is 11.6. The fourth-order valence-corrected chi connectivity index (χ4v) is 3.70. The van der Waals surface area contributed by atoms with Crippen LogP contribution in [0.4, 0.5) is 0 Å². The zero-order valence-corrected chi connectivity index (χ0v) is 14.3. The second-order valence-corrected chi connectivity index (χ2v) is 6.40. The molecule has 2 heteroatoms. The van der Waals surface area contributed by atoms with Crippen LogP contribution >= 0.6 is 11.6 Å². The minimum atomic E-state index is -0.591. The molecular weight excluding hydrogens is 316 g/mol. The molecule has 3 aromatic rings. The summed E-state index contributed by atoms with van der Waals surface area (Å²) in [5.41, 5.74) is 2.51. The molecule has 1 nitrogen and oxygen atoms in total. The number of hydrogen-bond acceptors (Lipinski definition) is 1. The highest BCUT2D eigenvalue weighted by Gasteiger charge is 2.38. The number of halogens is 1. The fraction of sp³-hybridized carbons (Fsp3) is 0.136. The molecule has 0 spiro atoms. The van der Waals surface area contributed by atoms with E-state index < -0.39 is 5.41 Å². The predicted octanol–water partition coefficient (Wildman–Crippen LogP) is 5.65. The molecule has 24 heavy (non-hydrogen) atoms. The minimum Gasteiger partial charge on any atom is -0.300 e. The Morgan fingerprint density at radius 1 is 0.792 bits per heavy atom. The van der Waals surface area contributed by atoms with Crippen LogP contribution < -0.4 is 0 Å². The number of ketones is 1. The smallest absolute Gasteiger partial charge is 0.131 e. The number of benzene rings is 3. The van der Waals surface area contributed by atoms with Crippen LogP contribution in [-0.4, -0.2) is 5.78 Å². The van der Waals surface area contributed by atoms with E-state index in [-0.39, 0.29) is 5.78 Å². The predicted molar refractivity (Wildman–Crippen MR) is 99.5 cm³/mol. The Morgan fingerprint density at radius 2 is 1.25 bits per heavy atom. The molecular formula is C22H19ClO. The first-order valence-corrected chi connectivity index (χ1v) is 8.38. The van der Waals surface area contributed by atoms with Gasteiger partial charge >= 0.3 is 0 Å². The Hall–Kier alpha value is -2.38. The fourth-order valence-electron chi connectivity index (χ4n) is 3.40. The SMILES string of the molecule is CC(=O)CC(c1ccccc1)(c1ccccc1)c1ccccc1Cl. The maximum atomic E-state index is 12.2. The van der Waals surface area contributed by atoms with E-state index in [2.05, 4.69) is 24.3 Å². The zero-order chi connectivity index (χ0) is 17.0. The average molecular weight is 335 g/mol. The monoisotopic (exact) mass is 334 g/mol. The standard InChI is InChI=1S/C22H19ClO/c1-17(24)16-22(18-10-4-2-5-11-18,19-12-6-3-7-13-19)20-14-8-9-15-21(20)23/h2-15H,16H2,1H3. The summed E-state index contributed by atoms with van der Waals surface area (Å²) >= 11 is 6.58. The van der Waals surface area contributed by atoms with Crippen LogP contribution in [-0.2, 0) is 10.2 Å². The summed E-state index contributed by atoms with van der Waals surface area (Å²) in [4.78, 5) is 12.2. The molecule has 0 unspecified atom stereocenters. The van der Waals surface area contributed by atoms with Crippen molar-refractivity contribution in [2.75, 3.05) is 0 Å². The van der Waals surface area contributed by atoms with Gasteiger partial charge in [-0.25, -0.2) is 0 Å². The van der Waals surface area contributed by atoms with Crippen molar-refractivity contribution in [2.45, 2.75) is 18.8 Å². The highest BCUT2D eigenvalue weighted by molar-refractivity contribution is 6.31. The molecule has 0 aliphatic heterocycles. The molecule has 3 aromatic carbocycles. The Labute approximate surface area is 147 Å². The van der Waals surface area contributed by atoms with Crippen molar-refractivity contribution in [3.63, 3.8) is 0 Å². The summed E-state index contributed by atoms with van der Waals surface area (Å²) in [6.07, 6.45) is 0.366. The molecule has 0 fully saturated rings. The highest BCUT2D eigenvalue weighted by atomic mass is 35.5. The molecule has 120 valence electrons. The maximum absolute atomic E-state index is 12.2. The zero-order valence-electron chi connectivity index (χ0n) is 13.6. The molecule has 0 bridgehead atoms. The Morgan fingerprint density at radius 3 is 1.71 bits per heavy atom. The van der Waals surface area contributed by atoms with E-state index in [0.717, 1.165) is 16.7 Å². The third-order valence-electron chi connectivity index (χ3n) is 4.38. The first-order valence-electron chi connectivity index (χ1n) is 8.00. The lowest BCUT2D eigenvalue weighted by atomic mass is 9.66. The van der Waals surface area contributed by atoms with E-state index in [9.17, 15) is 4.79 Å². The van der Waals surface area contributed by atoms with E-state index in [1.807, 2.05) is 60.7 Å². The lowest BCUT2D eigenvalue weighted by Gasteiger charge is -2.36. The van der Waals surface area contributed by atoms with Crippen molar-refractivity contribution in [3.05, 3.63) is 107 Å². The topological polar surface area (TPSA) is 17.1 Å². The first kappa shape index (κ1) is 16.5. The Balaban J connectivity index is 2.38. The van der Waals surface area contributed by atoms with Gasteiger partial charge in [-0.15, -0.1) is 0 Å². The molecule has 0 saturated carbocycles. The van der Waals surface area contributed by atoms with Crippen LogP contribution in [0.25, 0.3) is 0 Å². The van der Waals surface area contributed by atoms with Crippen LogP contribution in [0, 0.1) is 0 Å². The van der Waals surface area contributed by atoms with Gasteiger partial charge in [-0.1, -0.05) is 90.5 Å². The summed E-state index contributed by atoms with van der Waals surface area (Å²) < 4.78 is 0. The molecule has 3 rings (SSSR count). The van der Waals surface area contributed by atoms with Gasteiger partial charge < -0.3 is 0 Å². The molecule has 0 saturated heterocycles. The minimum absolute atomic E-state index is 0.127. The summed E-state index contributed by atoms with van der Waals surface area (Å²) in [6, 6.07) is 28.1. The maximum Gasteiger partial charge on any atom is 0.131 e. The van der Waals surface area contributed by atoms with Crippen molar-refractivity contribution < 1.29 is 4.79 Å². The van der Waals surface area contributed by atoms with Crippen LogP contribution in [0.15, 0.2) is 84.9 Å². The van der Waals surface area contributed by atoms with Crippen molar-refractivity contribution in [3.8, 4) is 0 Å². The lowest BCUT2D eigenvalue weighted by Crippen LogP contribution is -2.32. The van der Waals surface area contributed by atoms with Gasteiger partial charge in [0.15, 0.2) is 0 Å². The Kier molecular flexibility index (Phi) is 4.82. The molecule has 0 radical (unpaired) electrons. The molecule has 0 heterocycles. The van der Waals surface area contributed by atoms with Crippen molar-refractivity contribution in [1.82, 2.24) is 0 Å². The van der Waals surface area contributed by atoms with Gasteiger partial charge in [0.2, 0.25) is 0 Å². The van der Waals surface area contributed by atoms with E-state index in [1.54, 1.807) is 6.92 Å². The summed E-state index contributed by atoms with van der Waals surface area (Å²) in [5.74, 6) is 0.127. The number of carbonyl (C=O) groups excluding carboxylic acids is 1. The van der Waals surface area contributed by atoms with Gasteiger partial charge in [-0.05, 0) is 29.7 Å². The Bertz CT molecular complexity index is 785. The highest BCUT2D eigenvalue weighted by Crippen LogP contribution is 2.44. The second-order valence-electron chi connectivity index (χ2n) is 6.00. The van der Waals surface area contributed by atoms with Crippen molar-refractivity contribution in [2.24, 2.45) is 0 Å². The molecule has 0 aliphatic carbocycles. The summed E-state index contributed by atoms with van der Waals surface area (Å²) in [5, 5.41) is 0.673. The average Bonchev–Trinajstić information content (AvgIpc) is 2.62. The van der Waals surface area contributed by atoms with Gasteiger partial charge in [0, 0.05) is 11.4 Å². The quantitative estimate of drug-likeness (QED) is 0.551. The summed E-state index contributed by atoms with van der Waals surface area (Å²) in [7, 11) is 0. The van der Waals surface area contributed by atoms with Gasteiger partial charge in [0.05, 0.1) is 5.41 Å².